The first-order chi connectivity index (χ1) is 6.90. The van der Waals surface area contributed by atoms with E-state index in [0.29, 0.717) is 13.2 Å². The Labute approximate surface area is 91.3 Å². The normalized spacial score (nSPS) is 13.0. The van der Waals surface area contributed by atoms with E-state index in [-0.39, 0.29) is 19.1 Å². The molecule has 0 spiro atoms. The van der Waals surface area contributed by atoms with E-state index in [0.717, 1.165) is 6.42 Å². The maximum absolute atomic E-state index is 8.84. The minimum atomic E-state index is -1.49. The molecule has 5 heteroatoms. The highest BCUT2D eigenvalue weighted by molar-refractivity contribution is 4.63. The van der Waals surface area contributed by atoms with E-state index in [4.69, 9.17) is 20.4 Å². The van der Waals surface area contributed by atoms with E-state index in [1.165, 1.54) is 6.92 Å². The van der Waals surface area contributed by atoms with Gasteiger partial charge in [-0.1, -0.05) is 13.8 Å². The standard InChI is InChI=1S/C6H14O2.C4H10O3/c1-4-5(2)6(3,7)8;5-1-3-7-4-2-6/h5,7-8H,4H2,1-3H3;5-6H,1-4H2. The lowest BCUT2D eigenvalue weighted by atomic mass is 10.0. The summed E-state index contributed by atoms with van der Waals surface area (Å²) >= 11 is 0. The molecule has 0 saturated heterocycles. The van der Waals surface area contributed by atoms with Gasteiger partial charge in [-0.2, -0.15) is 0 Å². The predicted molar refractivity (Wildman–Crippen MR) is 57.3 cm³/mol. The van der Waals surface area contributed by atoms with Crippen LogP contribution in [0.15, 0.2) is 0 Å². The van der Waals surface area contributed by atoms with Crippen LogP contribution in [-0.2, 0) is 4.74 Å². The summed E-state index contributed by atoms with van der Waals surface area (Å²) in [6.07, 6.45) is 0.795. The first-order valence-electron chi connectivity index (χ1n) is 5.14. The van der Waals surface area contributed by atoms with Crippen LogP contribution in [0.25, 0.3) is 0 Å². The van der Waals surface area contributed by atoms with Crippen molar-refractivity contribution in [3.63, 3.8) is 0 Å². The molecule has 0 fully saturated rings. The largest absolute Gasteiger partial charge is 0.394 e. The summed E-state index contributed by atoms with van der Waals surface area (Å²) in [6.45, 7) is 5.83. The Morgan fingerprint density at radius 3 is 1.67 bits per heavy atom. The van der Waals surface area contributed by atoms with Gasteiger partial charge in [-0.25, -0.2) is 0 Å². The highest BCUT2D eigenvalue weighted by atomic mass is 16.5. The van der Waals surface area contributed by atoms with Gasteiger partial charge < -0.3 is 25.2 Å². The van der Waals surface area contributed by atoms with Gasteiger partial charge in [0.2, 0.25) is 0 Å². The molecule has 4 N–H and O–H groups in total. The minimum Gasteiger partial charge on any atom is -0.394 e. The molecular formula is C10H24O5. The van der Waals surface area contributed by atoms with Gasteiger partial charge in [-0.3, -0.25) is 0 Å². The van der Waals surface area contributed by atoms with Gasteiger partial charge in [0.1, 0.15) is 0 Å². The molecule has 0 rings (SSSR count). The summed E-state index contributed by atoms with van der Waals surface area (Å²) in [4.78, 5) is 0. The van der Waals surface area contributed by atoms with E-state index in [1.807, 2.05) is 6.92 Å². The summed E-state index contributed by atoms with van der Waals surface area (Å²) in [7, 11) is 0. The molecule has 94 valence electrons. The molecule has 0 aliphatic carbocycles. The van der Waals surface area contributed by atoms with Crippen LogP contribution in [0.4, 0.5) is 0 Å². The third-order valence-electron chi connectivity index (χ3n) is 2.02. The van der Waals surface area contributed by atoms with Gasteiger partial charge in [-0.15, -0.1) is 0 Å². The van der Waals surface area contributed by atoms with Crippen LogP contribution in [0.5, 0.6) is 0 Å². The summed E-state index contributed by atoms with van der Waals surface area (Å²) in [5.41, 5.74) is 0. The number of aliphatic hydroxyl groups is 4. The molecular weight excluding hydrogens is 200 g/mol. The van der Waals surface area contributed by atoms with Crippen LogP contribution in [0.1, 0.15) is 27.2 Å². The van der Waals surface area contributed by atoms with Crippen molar-refractivity contribution in [3.05, 3.63) is 0 Å². The lowest BCUT2D eigenvalue weighted by molar-refractivity contribution is -0.181. The van der Waals surface area contributed by atoms with Crippen molar-refractivity contribution in [2.45, 2.75) is 33.0 Å². The first kappa shape index (κ1) is 17.2. The number of ether oxygens (including phenoxy) is 1. The van der Waals surface area contributed by atoms with Crippen LogP contribution >= 0.6 is 0 Å². The van der Waals surface area contributed by atoms with Crippen molar-refractivity contribution in [2.24, 2.45) is 5.92 Å². The zero-order chi connectivity index (χ0) is 12.3. The van der Waals surface area contributed by atoms with Gasteiger partial charge in [0, 0.05) is 5.92 Å². The molecule has 0 aliphatic rings. The lowest BCUT2D eigenvalue weighted by Crippen LogP contribution is -2.31. The van der Waals surface area contributed by atoms with Crippen LogP contribution < -0.4 is 0 Å². The van der Waals surface area contributed by atoms with E-state index < -0.39 is 5.79 Å². The Bertz CT molecular complexity index is 117. The molecule has 0 aromatic rings. The maximum atomic E-state index is 8.84. The van der Waals surface area contributed by atoms with Crippen molar-refractivity contribution >= 4 is 0 Å². The van der Waals surface area contributed by atoms with Crippen molar-refractivity contribution in [1.82, 2.24) is 0 Å². The average molecular weight is 224 g/mol. The third-order valence-corrected chi connectivity index (χ3v) is 2.02. The van der Waals surface area contributed by atoms with Crippen molar-refractivity contribution in [1.29, 1.82) is 0 Å². The van der Waals surface area contributed by atoms with Crippen LogP contribution in [0.2, 0.25) is 0 Å². The fourth-order valence-electron chi connectivity index (χ4n) is 0.618. The van der Waals surface area contributed by atoms with E-state index in [1.54, 1.807) is 6.92 Å². The fraction of sp³-hybridized carbons (Fsp3) is 1.00. The number of rotatable bonds is 6. The van der Waals surface area contributed by atoms with Crippen LogP contribution in [-0.4, -0.2) is 52.6 Å². The number of hydrogen-bond donors (Lipinski definition) is 4. The molecule has 0 saturated carbocycles. The van der Waals surface area contributed by atoms with Crippen LogP contribution in [0, 0.1) is 5.92 Å². The predicted octanol–water partition coefficient (Wildman–Crippen LogP) is -0.279. The Hall–Kier alpha value is -0.200. The Balaban J connectivity index is 0. The average Bonchev–Trinajstić information content (AvgIpc) is 2.17. The second-order valence-electron chi connectivity index (χ2n) is 3.46. The first-order valence-corrected chi connectivity index (χ1v) is 5.14. The molecule has 5 nitrogen and oxygen atoms in total. The monoisotopic (exact) mass is 224 g/mol. The lowest BCUT2D eigenvalue weighted by Gasteiger charge is -2.22. The second-order valence-corrected chi connectivity index (χ2v) is 3.46. The SMILES string of the molecule is CCC(C)C(C)(O)O.OCCOCCO. The Kier molecular flexibility index (Phi) is 11.8. The molecule has 0 aliphatic heterocycles. The summed E-state index contributed by atoms with van der Waals surface area (Å²) in [6, 6.07) is 0. The molecule has 0 aromatic carbocycles. The zero-order valence-electron chi connectivity index (χ0n) is 9.81. The van der Waals surface area contributed by atoms with Gasteiger partial charge in [0.05, 0.1) is 26.4 Å². The van der Waals surface area contributed by atoms with Crippen molar-refractivity contribution in [2.75, 3.05) is 26.4 Å². The molecule has 1 atom stereocenters. The summed E-state index contributed by atoms with van der Waals surface area (Å²) < 4.78 is 4.63. The number of aliphatic hydroxyl groups excluding tert-OH is 2. The van der Waals surface area contributed by atoms with Gasteiger partial charge >= 0.3 is 0 Å². The quantitative estimate of drug-likeness (QED) is 0.368. The number of hydrogen-bond acceptors (Lipinski definition) is 5. The summed E-state index contributed by atoms with van der Waals surface area (Å²) in [5, 5.41) is 33.9. The molecule has 0 radical (unpaired) electrons. The Morgan fingerprint density at radius 1 is 1.13 bits per heavy atom. The summed E-state index contributed by atoms with van der Waals surface area (Å²) in [5.74, 6) is -1.53. The van der Waals surface area contributed by atoms with E-state index in [9.17, 15) is 0 Å². The molecule has 0 bridgehead atoms. The van der Waals surface area contributed by atoms with Gasteiger partial charge in [0.25, 0.3) is 0 Å². The molecule has 0 aromatic heterocycles. The molecule has 0 heterocycles. The van der Waals surface area contributed by atoms with E-state index >= 15 is 0 Å². The fourth-order valence-corrected chi connectivity index (χ4v) is 0.618. The van der Waals surface area contributed by atoms with Gasteiger partial charge in [0.15, 0.2) is 5.79 Å². The molecule has 1 unspecified atom stereocenters. The van der Waals surface area contributed by atoms with Gasteiger partial charge in [-0.05, 0) is 13.3 Å². The minimum absolute atomic E-state index is 0.0278. The Morgan fingerprint density at radius 2 is 1.53 bits per heavy atom. The molecule has 15 heavy (non-hydrogen) atoms. The smallest absolute Gasteiger partial charge is 0.162 e. The second kappa shape index (κ2) is 10.3. The highest BCUT2D eigenvalue weighted by Crippen LogP contribution is 2.15. The topological polar surface area (TPSA) is 90.2 Å². The van der Waals surface area contributed by atoms with E-state index in [2.05, 4.69) is 4.74 Å². The zero-order valence-corrected chi connectivity index (χ0v) is 9.81. The third kappa shape index (κ3) is 13.8. The molecule has 0 amide bonds. The highest BCUT2D eigenvalue weighted by Gasteiger charge is 2.22. The van der Waals surface area contributed by atoms with Crippen LogP contribution in [0.3, 0.4) is 0 Å². The maximum Gasteiger partial charge on any atom is 0.162 e. The van der Waals surface area contributed by atoms with Crippen molar-refractivity contribution < 1.29 is 25.2 Å². The van der Waals surface area contributed by atoms with Crippen molar-refractivity contribution in [3.8, 4) is 0 Å².